The number of H-pyrrole nitrogens is 1. The standard InChI is InChI=1S/C10H18N4/c1-8-6-12-10(13-8)5-9-7-14(2)4-3-11-9/h6,9,11H,3-5,7H2,1-2H3,(H,12,13). The van der Waals surface area contributed by atoms with Crippen LogP contribution in [-0.2, 0) is 6.42 Å². The second kappa shape index (κ2) is 4.11. The van der Waals surface area contributed by atoms with Gasteiger partial charge in [-0.25, -0.2) is 4.98 Å². The minimum absolute atomic E-state index is 0.541. The average Bonchev–Trinajstić information content (AvgIpc) is 2.51. The van der Waals surface area contributed by atoms with Crippen LogP contribution in [0, 0.1) is 6.92 Å². The molecule has 2 rings (SSSR count). The van der Waals surface area contributed by atoms with Crippen molar-refractivity contribution in [1.82, 2.24) is 20.2 Å². The Bertz CT molecular complexity index is 294. The van der Waals surface area contributed by atoms with Crippen LogP contribution in [0.2, 0.25) is 0 Å². The van der Waals surface area contributed by atoms with E-state index in [1.165, 1.54) is 0 Å². The molecule has 2 heterocycles. The zero-order valence-corrected chi connectivity index (χ0v) is 8.88. The molecule has 0 bridgehead atoms. The van der Waals surface area contributed by atoms with Crippen molar-refractivity contribution in [1.29, 1.82) is 0 Å². The maximum atomic E-state index is 4.32. The molecule has 1 aliphatic heterocycles. The normalized spacial score (nSPS) is 24.0. The SMILES string of the molecule is Cc1cnc(CC2CN(C)CCN2)[nH]1. The first kappa shape index (κ1) is 9.68. The molecule has 14 heavy (non-hydrogen) atoms. The Morgan fingerprint density at radius 3 is 3.14 bits per heavy atom. The summed E-state index contributed by atoms with van der Waals surface area (Å²) >= 11 is 0. The zero-order valence-electron chi connectivity index (χ0n) is 8.88. The lowest BCUT2D eigenvalue weighted by atomic mass is 10.1. The number of hydrogen-bond donors (Lipinski definition) is 2. The Labute approximate surface area is 84.7 Å². The van der Waals surface area contributed by atoms with Gasteiger partial charge >= 0.3 is 0 Å². The third-order valence-corrected chi connectivity index (χ3v) is 2.65. The lowest BCUT2D eigenvalue weighted by Gasteiger charge is -2.30. The minimum Gasteiger partial charge on any atom is -0.346 e. The van der Waals surface area contributed by atoms with Gasteiger partial charge in [0.1, 0.15) is 5.82 Å². The quantitative estimate of drug-likeness (QED) is 0.705. The van der Waals surface area contributed by atoms with E-state index >= 15 is 0 Å². The summed E-state index contributed by atoms with van der Waals surface area (Å²) < 4.78 is 0. The molecule has 0 aliphatic carbocycles. The van der Waals surface area contributed by atoms with Gasteiger partial charge in [0.15, 0.2) is 0 Å². The first-order valence-electron chi connectivity index (χ1n) is 5.16. The van der Waals surface area contributed by atoms with Crippen molar-refractivity contribution in [2.24, 2.45) is 0 Å². The highest BCUT2D eigenvalue weighted by Crippen LogP contribution is 2.03. The highest BCUT2D eigenvalue weighted by Gasteiger charge is 2.17. The molecular weight excluding hydrogens is 176 g/mol. The van der Waals surface area contributed by atoms with Crippen LogP contribution in [0.15, 0.2) is 6.20 Å². The van der Waals surface area contributed by atoms with Gasteiger partial charge in [0, 0.05) is 44.0 Å². The van der Waals surface area contributed by atoms with Crippen LogP contribution in [0.5, 0.6) is 0 Å². The molecular formula is C10H18N4. The third-order valence-electron chi connectivity index (χ3n) is 2.65. The summed E-state index contributed by atoms with van der Waals surface area (Å²) in [7, 11) is 2.17. The van der Waals surface area contributed by atoms with E-state index in [2.05, 4.69) is 27.2 Å². The summed E-state index contributed by atoms with van der Waals surface area (Å²) in [5, 5.41) is 3.51. The number of aromatic amines is 1. The minimum atomic E-state index is 0.541. The zero-order chi connectivity index (χ0) is 9.97. The van der Waals surface area contributed by atoms with E-state index in [4.69, 9.17) is 0 Å². The molecule has 0 aromatic carbocycles. The summed E-state index contributed by atoms with van der Waals surface area (Å²) in [4.78, 5) is 9.95. The molecule has 1 aromatic rings. The smallest absolute Gasteiger partial charge is 0.107 e. The van der Waals surface area contributed by atoms with Crippen LogP contribution in [0.25, 0.3) is 0 Å². The van der Waals surface area contributed by atoms with Gasteiger partial charge in [-0.2, -0.15) is 0 Å². The number of aryl methyl sites for hydroxylation is 1. The van der Waals surface area contributed by atoms with Gasteiger partial charge in [0.2, 0.25) is 0 Å². The number of rotatable bonds is 2. The number of imidazole rings is 1. The number of nitrogens with zero attached hydrogens (tertiary/aromatic N) is 2. The number of hydrogen-bond acceptors (Lipinski definition) is 3. The summed E-state index contributed by atoms with van der Waals surface area (Å²) in [6.07, 6.45) is 2.89. The van der Waals surface area contributed by atoms with Crippen LogP contribution in [0.3, 0.4) is 0 Å². The molecule has 4 nitrogen and oxygen atoms in total. The summed E-state index contributed by atoms with van der Waals surface area (Å²) in [6, 6.07) is 0.541. The van der Waals surface area contributed by atoms with Crippen molar-refractivity contribution in [3.8, 4) is 0 Å². The topological polar surface area (TPSA) is 44.0 Å². The molecule has 1 aliphatic rings. The molecule has 1 unspecified atom stereocenters. The first-order chi connectivity index (χ1) is 6.74. The van der Waals surface area contributed by atoms with Crippen molar-refractivity contribution in [2.45, 2.75) is 19.4 Å². The maximum absolute atomic E-state index is 4.32. The Morgan fingerprint density at radius 1 is 1.64 bits per heavy atom. The van der Waals surface area contributed by atoms with Crippen LogP contribution in [-0.4, -0.2) is 47.6 Å². The second-order valence-electron chi connectivity index (χ2n) is 4.13. The van der Waals surface area contributed by atoms with Crippen molar-refractivity contribution in [2.75, 3.05) is 26.7 Å². The fraction of sp³-hybridized carbons (Fsp3) is 0.700. The van der Waals surface area contributed by atoms with Crippen molar-refractivity contribution in [3.63, 3.8) is 0 Å². The second-order valence-corrected chi connectivity index (χ2v) is 4.13. The van der Waals surface area contributed by atoms with E-state index < -0.39 is 0 Å². The molecule has 1 saturated heterocycles. The average molecular weight is 194 g/mol. The number of nitrogens with one attached hydrogen (secondary N) is 2. The first-order valence-corrected chi connectivity index (χ1v) is 5.16. The van der Waals surface area contributed by atoms with Crippen molar-refractivity contribution in [3.05, 3.63) is 17.7 Å². The van der Waals surface area contributed by atoms with Gasteiger partial charge in [-0.15, -0.1) is 0 Å². The fourth-order valence-electron chi connectivity index (χ4n) is 1.93. The predicted octanol–water partition coefficient (Wildman–Crippen LogP) is 0.164. The highest BCUT2D eigenvalue weighted by molar-refractivity contribution is 5.00. The van der Waals surface area contributed by atoms with E-state index in [0.717, 1.165) is 37.6 Å². The maximum Gasteiger partial charge on any atom is 0.107 e. The Morgan fingerprint density at radius 2 is 2.50 bits per heavy atom. The summed E-state index contributed by atoms with van der Waals surface area (Å²) in [5.74, 6) is 1.09. The van der Waals surface area contributed by atoms with E-state index in [9.17, 15) is 0 Å². The molecule has 0 saturated carbocycles. The Balaban J connectivity index is 1.90. The number of likely N-dealkylation sites (N-methyl/N-ethyl adjacent to an activating group) is 1. The van der Waals surface area contributed by atoms with Crippen LogP contribution in [0.1, 0.15) is 11.5 Å². The van der Waals surface area contributed by atoms with E-state index in [-0.39, 0.29) is 0 Å². The molecule has 0 spiro atoms. The molecule has 0 amide bonds. The number of aromatic nitrogens is 2. The number of piperazine rings is 1. The molecule has 1 aromatic heterocycles. The molecule has 4 heteroatoms. The fourth-order valence-corrected chi connectivity index (χ4v) is 1.93. The summed E-state index contributed by atoms with van der Waals surface area (Å²) in [5.41, 5.74) is 1.14. The Kier molecular flexibility index (Phi) is 2.84. The van der Waals surface area contributed by atoms with Gasteiger partial charge in [-0.1, -0.05) is 0 Å². The van der Waals surface area contributed by atoms with Gasteiger partial charge in [-0.3, -0.25) is 0 Å². The Hall–Kier alpha value is -0.870. The van der Waals surface area contributed by atoms with E-state index in [1.807, 2.05) is 13.1 Å². The van der Waals surface area contributed by atoms with Gasteiger partial charge < -0.3 is 15.2 Å². The van der Waals surface area contributed by atoms with Crippen LogP contribution >= 0.6 is 0 Å². The van der Waals surface area contributed by atoms with E-state index in [1.54, 1.807) is 0 Å². The van der Waals surface area contributed by atoms with Gasteiger partial charge in [0.05, 0.1) is 0 Å². The van der Waals surface area contributed by atoms with Gasteiger partial charge in [-0.05, 0) is 14.0 Å². The van der Waals surface area contributed by atoms with Gasteiger partial charge in [0.25, 0.3) is 0 Å². The predicted molar refractivity (Wildman–Crippen MR) is 56.3 cm³/mol. The third kappa shape index (κ3) is 2.33. The lowest BCUT2D eigenvalue weighted by molar-refractivity contribution is 0.236. The molecule has 2 N–H and O–H groups in total. The van der Waals surface area contributed by atoms with E-state index in [0.29, 0.717) is 6.04 Å². The largest absolute Gasteiger partial charge is 0.346 e. The molecule has 78 valence electrons. The summed E-state index contributed by atoms with van der Waals surface area (Å²) in [6.45, 7) is 5.38. The lowest BCUT2D eigenvalue weighted by Crippen LogP contribution is -2.50. The molecule has 1 atom stereocenters. The monoisotopic (exact) mass is 194 g/mol. The van der Waals surface area contributed by atoms with Crippen LogP contribution < -0.4 is 5.32 Å². The van der Waals surface area contributed by atoms with Crippen LogP contribution in [0.4, 0.5) is 0 Å². The molecule has 0 radical (unpaired) electrons. The van der Waals surface area contributed by atoms with Crippen molar-refractivity contribution >= 4 is 0 Å². The van der Waals surface area contributed by atoms with Crippen molar-refractivity contribution < 1.29 is 0 Å². The molecule has 1 fully saturated rings. The highest BCUT2D eigenvalue weighted by atomic mass is 15.2.